The van der Waals surface area contributed by atoms with E-state index in [1.165, 1.54) is 29.9 Å². The minimum absolute atomic E-state index is 0.541. The second-order valence-corrected chi connectivity index (χ2v) is 6.31. The van der Waals surface area contributed by atoms with Crippen molar-refractivity contribution in [3.63, 3.8) is 0 Å². The highest BCUT2D eigenvalue weighted by molar-refractivity contribution is 7.99. The Morgan fingerprint density at radius 1 is 1.39 bits per heavy atom. The largest absolute Gasteiger partial charge is 0.336 e. The minimum Gasteiger partial charge on any atom is -0.336 e. The number of nitrogens with one attached hydrogen (secondary N) is 1. The first-order valence-electron chi connectivity index (χ1n) is 6.71. The standard InChI is InChI=1S/C13H20N4S/c1-10-9-18-5-4-17(10)13-15-7-11(8-16-13)6-14-12-2-3-12/h7-8,10,12,14H,2-6,9H2,1H3. The molecule has 1 atom stereocenters. The topological polar surface area (TPSA) is 41.1 Å². The molecule has 0 radical (unpaired) electrons. The van der Waals surface area contributed by atoms with Gasteiger partial charge in [-0.15, -0.1) is 0 Å². The molecule has 1 saturated carbocycles. The van der Waals surface area contributed by atoms with Crippen LogP contribution in [0.4, 0.5) is 5.95 Å². The Balaban J connectivity index is 1.61. The Hall–Kier alpha value is -0.810. The SMILES string of the molecule is CC1CSCCN1c1ncc(CNC2CC2)cn1. The molecule has 0 amide bonds. The molecule has 0 aromatic carbocycles. The van der Waals surface area contributed by atoms with Crippen LogP contribution in [0, 0.1) is 0 Å². The maximum Gasteiger partial charge on any atom is 0.225 e. The molecule has 2 heterocycles. The molecular formula is C13H20N4S. The van der Waals surface area contributed by atoms with Gasteiger partial charge in [0, 0.05) is 54.6 Å². The predicted molar refractivity (Wildman–Crippen MR) is 76.0 cm³/mol. The predicted octanol–water partition coefficient (Wildman–Crippen LogP) is 1.67. The van der Waals surface area contributed by atoms with Crippen LogP contribution in [0.2, 0.25) is 0 Å². The number of nitrogens with zero attached hydrogens (tertiary/aromatic N) is 3. The van der Waals surface area contributed by atoms with Gasteiger partial charge in [-0.25, -0.2) is 9.97 Å². The number of rotatable bonds is 4. The van der Waals surface area contributed by atoms with Crippen LogP contribution in [0.25, 0.3) is 0 Å². The van der Waals surface area contributed by atoms with Crippen molar-refractivity contribution in [1.82, 2.24) is 15.3 Å². The van der Waals surface area contributed by atoms with Crippen molar-refractivity contribution in [3.8, 4) is 0 Å². The van der Waals surface area contributed by atoms with Gasteiger partial charge in [-0.2, -0.15) is 11.8 Å². The van der Waals surface area contributed by atoms with Crippen LogP contribution >= 0.6 is 11.8 Å². The summed E-state index contributed by atoms with van der Waals surface area (Å²) >= 11 is 2.02. The summed E-state index contributed by atoms with van der Waals surface area (Å²) in [6.07, 6.45) is 6.57. The van der Waals surface area contributed by atoms with Crippen molar-refractivity contribution < 1.29 is 0 Å². The molecule has 0 bridgehead atoms. The Kier molecular flexibility index (Phi) is 3.70. The quantitative estimate of drug-likeness (QED) is 0.896. The van der Waals surface area contributed by atoms with Gasteiger partial charge in [0.2, 0.25) is 5.95 Å². The van der Waals surface area contributed by atoms with Gasteiger partial charge in [0.1, 0.15) is 0 Å². The summed E-state index contributed by atoms with van der Waals surface area (Å²) in [5, 5.41) is 3.48. The van der Waals surface area contributed by atoms with Crippen LogP contribution < -0.4 is 10.2 Å². The van der Waals surface area contributed by atoms with Crippen LogP contribution in [0.15, 0.2) is 12.4 Å². The second kappa shape index (κ2) is 5.45. The molecular weight excluding hydrogens is 244 g/mol. The third-order valence-corrected chi connectivity index (χ3v) is 4.68. The highest BCUT2D eigenvalue weighted by atomic mass is 32.2. The number of thioether (sulfide) groups is 1. The zero-order chi connectivity index (χ0) is 12.4. The minimum atomic E-state index is 0.541. The third kappa shape index (κ3) is 2.95. The van der Waals surface area contributed by atoms with Crippen LogP contribution in [0.3, 0.4) is 0 Å². The number of hydrogen-bond donors (Lipinski definition) is 1. The molecule has 3 rings (SSSR count). The molecule has 1 aliphatic heterocycles. The first-order chi connectivity index (χ1) is 8.83. The van der Waals surface area contributed by atoms with Crippen molar-refractivity contribution in [3.05, 3.63) is 18.0 Å². The van der Waals surface area contributed by atoms with E-state index in [4.69, 9.17) is 0 Å². The van der Waals surface area contributed by atoms with Gasteiger partial charge in [0.15, 0.2) is 0 Å². The summed E-state index contributed by atoms with van der Waals surface area (Å²) in [5.41, 5.74) is 1.18. The van der Waals surface area contributed by atoms with Crippen molar-refractivity contribution in [2.24, 2.45) is 0 Å². The zero-order valence-electron chi connectivity index (χ0n) is 10.8. The van der Waals surface area contributed by atoms with E-state index in [0.29, 0.717) is 6.04 Å². The lowest BCUT2D eigenvalue weighted by molar-refractivity contribution is 0.665. The lowest BCUT2D eigenvalue weighted by Crippen LogP contribution is -2.41. The fraction of sp³-hybridized carbons (Fsp3) is 0.692. The van der Waals surface area contributed by atoms with E-state index >= 15 is 0 Å². The van der Waals surface area contributed by atoms with Crippen LogP contribution in [0.5, 0.6) is 0 Å². The Morgan fingerprint density at radius 3 is 2.83 bits per heavy atom. The van der Waals surface area contributed by atoms with E-state index in [1.807, 2.05) is 24.2 Å². The lowest BCUT2D eigenvalue weighted by Gasteiger charge is -2.32. The molecule has 1 aromatic heterocycles. The number of anilines is 1. The van der Waals surface area contributed by atoms with E-state index in [2.05, 4.69) is 27.1 Å². The first kappa shape index (κ1) is 12.2. The van der Waals surface area contributed by atoms with Crippen molar-refractivity contribution in [2.45, 2.75) is 38.4 Å². The molecule has 2 aliphatic rings. The van der Waals surface area contributed by atoms with Crippen molar-refractivity contribution >= 4 is 17.7 Å². The highest BCUT2D eigenvalue weighted by Crippen LogP contribution is 2.21. The van der Waals surface area contributed by atoms with Gasteiger partial charge >= 0.3 is 0 Å². The zero-order valence-corrected chi connectivity index (χ0v) is 11.6. The van der Waals surface area contributed by atoms with E-state index in [-0.39, 0.29) is 0 Å². The van der Waals surface area contributed by atoms with Gasteiger partial charge in [-0.05, 0) is 19.8 Å². The summed E-state index contributed by atoms with van der Waals surface area (Å²) in [4.78, 5) is 11.3. The van der Waals surface area contributed by atoms with Crippen LogP contribution in [0.1, 0.15) is 25.3 Å². The molecule has 1 N–H and O–H groups in total. The van der Waals surface area contributed by atoms with Gasteiger partial charge < -0.3 is 10.2 Å². The normalized spacial score (nSPS) is 24.3. The fourth-order valence-corrected chi connectivity index (χ4v) is 3.17. The summed E-state index contributed by atoms with van der Waals surface area (Å²) in [7, 11) is 0. The molecule has 98 valence electrons. The van der Waals surface area contributed by atoms with Crippen LogP contribution in [-0.4, -0.2) is 40.1 Å². The van der Waals surface area contributed by atoms with Crippen molar-refractivity contribution in [2.75, 3.05) is 23.0 Å². The third-order valence-electron chi connectivity index (χ3n) is 3.49. The van der Waals surface area contributed by atoms with Gasteiger partial charge in [0.05, 0.1) is 0 Å². The Bertz CT molecular complexity index is 390. The van der Waals surface area contributed by atoms with Gasteiger partial charge in [0.25, 0.3) is 0 Å². The molecule has 0 spiro atoms. The average molecular weight is 264 g/mol. The van der Waals surface area contributed by atoms with E-state index < -0.39 is 0 Å². The number of aromatic nitrogens is 2. The first-order valence-corrected chi connectivity index (χ1v) is 7.87. The Morgan fingerprint density at radius 2 is 2.17 bits per heavy atom. The molecule has 1 unspecified atom stereocenters. The van der Waals surface area contributed by atoms with E-state index in [9.17, 15) is 0 Å². The Labute approximate surface area is 113 Å². The molecule has 2 fully saturated rings. The summed E-state index contributed by atoms with van der Waals surface area (Å²) < 4.78 is 0. The molecule has 5 heteroatoms. The fourth-order valence-electron chi connectivity index (χ4n) is 2.16. The summed E-state index contributed by atoms with van der Waals surface area (Å²) in [6, 6.07) is 1.28. The monoisotopic (exact) mass is 264 g/mol. The van der Waals surface area contributed by atoms with E-state index in [0.717, 1.165) is 25.1 Å². The van der Waals surface area contributed by atoms with E-state index in [1.54, 1.807) is 0 Å². The molecule has 1 aromatic rings. The molecule has 18 heavy (non-hydrogen) atoms. The maximum atomic E-state index is 4.52. The van der Waals surface area contributed by atoms with Gasteiger partial charge in [-0.1, -0.05) is 0 Å². The highest BCUT2D eigenvalue weighted by Gasteiger charge is 2.22. The molecule has 4 nitrogen and oxygen atoms in total. The summed E-state index contributed by atoms with van der Waals surface area (Å²) in [6.45, 7) is 4.21. The molecule has 1 saturated heterocycles. The smallest absolute Gasteiger partial charge is 0.225 e. The van der Waals surface area contributed by atoms with Crippen molar-refractivity contribution in [1.29, 1.82) is 0 Å². The van der Waals surface area contributed by atoms with Crippen LogP contribution in [-0.2, 0) is 6.54 Å². The average Bonchev–Trinajstić information content (AvgIpc) is 3.22. The van der Waals surface area contributed by atoms with Gasteiger partial charge in [-0.3, -0.25) is 0 Å². The lowest BCUT2D eigenvalue weighted by atomic mass is 10.3. The number of hydrogen-bond acceptors (Lipinski definition) is 5. The summed E-state index contributed by atoms with van der Waals surface area (Å²) in [5.74, 6) is 3.24. The molecule has 1 aliphatic carbocycles. The maximum absolute atomic E-state index is 4.52. The second-order valence-electron chi connectivity index (χ2n) is 5.16.